The van der Waals surface area contributed by atoms with E-state index in [9.17, 15) is 17.2 Å². The molecule has 0 radical (unpaired) electrons. The highest BCUT2D eigenvalue weighted by Gasteiger charge is 2.33. The molecule has 0 aliphatic carbocycles. The summed E-state index contributed by atoms with van der Waals surface area (Å²) in [6.07, 6.45) is 6.20. The van der Waals surface area contributed by atoms with Crippen molar-refractivity contribution in [1.29, 1.82) is 0 Å². The number of rotatable bonds is 9. The predicted octanol–water partition coefficient (Wildman–Crippen LogP) is 7.53. The summed E-state index contributed by atoms with van der Waals surface area (Å²) >= 11 is 5.94. The van der Waals surface area contributed by atoms with Gasteiger partial charge in [-0.3, -0.25) is 4.31 Å². The van der Waals surface area contributed by atoms with Crippen LogP contribution in [0.1, 0.15) is 43.5 Å². The van der Waals surface area contributed by atoms with Gasteiger partial charge in [0.15, 0.2) is 0 Å². The van der Waals surface area contributed by atoms with E-state index in [0.29, 0.717) is 29.0 Å². The first-order valence-corrected chi connectivity index (χ1v) is 13.4. The fourth-order valence-electron chi connectivity index (χ4n) is 4.29. The van der Waals surface area contributed by atoms with Crippen molar-refractivity contribution < 1.29 is 21.6 Å². The molecule has 0 spiro atoms. The molecule has 3 aromatic carbocycles. The standard InChI is InChI=1S/C27H25ClF3N3O2S.ClH/c1-18(33-14-13-32-17-33)3-4-20-15-22(29)7-11-25(20)19(2)34(27-16-23(30)8-12-26(27)31)37(35,36)24-9-5-21(28)6-10-24;/h5-19H,3-4H2,1-2H3;1H/t18?,19-;/m1./s1. The first-order valence-electron chi connectivity index (χ1n) is 11.6. The third-order valence-electron chi connectivity index (χ3n) is 6.29. The van der Waals surface area contributed by atoms with Gasteiger partial charge in [0.1, 0.15) is 17.5 Å². The number of anilines is 1. The van der Waals surface area contributed by atoms with Crippen LogP contribution in [0.15, 0.2) is 84.3 Å². The number of aryl methyl sites for hydroxylation is 1. The Hall–Kier alpha value is -3.01. The van der Waals surface area contributed by atoms with E-state index in [1.165, 1.54) is 42.5 Å². The van der Waals surface area contributed by atoms with E-state index < -0.39 is 39.2 Å². The first kappa shape index (κ1) is 29.5. The zero-order valence-corrected chi connectivity index (χ0v) is 22.9. The number of sulfonamides is 1. The summed E-state index contributed by atoms with van der Waals surface area (Å²) in [7, 11) is -4.39. The van der Waals surface area contributed by atoms with Crippen molar-refractivity contribution in [3.8, 4) is 0 Å². The van der Waals surface area contributed by atoms with E-state index in [4.69, 9.17) is 11.6 Å². The van der Waals surface area contributed by atoms with Crippen LogP contribution in [0.2, 0.25) is 5.02 Å². The van der Waals surface area contributed by atoms with Crippen LogP contribution in [-0.2, 0) is 16.4 Å². The van der Waals surface area contributed by atoms with Crippen molar-refractivity contribution >= 4 is 39.7 Å². The maximum absolute atomic E-state index is 15.0. The monoisotopic (exact) mass is 583 g/mol. The lowest BCUT2D eigenvalue weighted by Gasteiger charge is -2.32. The molecule has 38 heavy (non-hydrogen) atoms. The topological polar surface area (TPSA) is 55.2 Å². The van der Waals surface area contributed by atoms with Crippen LogP contribution in [0.25, 0.3) is 0 Å². The van der Waals surface area contributed by atoms with E-state index in [0.717, 1.165) is 22.5 Å². The second kappa shape index (κ2) is 12.2. The molecule has 1 heterocycles. The maximum Gasteiger partial charge on any atom is 0.264 e. The van der Waals surface area contributed by atoms with Crippen LogP contribution in [0, 0.1) is 17.5 Å². The Morgan fingerprint density at radius 2 is 1.63 bits per heavy atom. The van der Waals surface area contributed by atoms with Crippen LogP contribution >= 0.6 is 24.0 Å². The van der Waals surface area contributed by atoms with Crippen LogP contribution in [-0.4, -0.2) is 18.0 Å². The average Bonchev–Trinajstić information content (AvgIpc) is 3.40. The maximum atomic E-state index is 15.0. The number of hydrogen-bond donors (Lipinski definition) is 0. The molecule has 0 aliphatic heterocycles. The van der Waals surface area contributed by atoms with Gasteiger partial charge in [-0.2, -0.15) is 0 Å². The molecule has 4 aromatic rings. The van der Waals surface area contributed by atoms with E-state index >= 15 is 4.39 Å². The number of hydrogen-bond acceptors (Lipinski definition) is 3. The predicted molar refractivity (Wildman–Crippen MR) is 145 cm³/mol. The molecule has 1 aromatic heterocycles. The number of nitrogens with zero attached hydrogens (tertiary/aromatic N) is 3. The average molecular weight is 584 g/mol. The minimum absolute atomic E-state index is 0. The smallest absolute Gasteiger partial charge is 0.264 e. The molecule has 0 aliphatic rings. The molecule has 5 nitrogen and oxygen atoms in total. The number of halogens is 5. The SMILES string of the molecule is CC(CCc1cc(F)ccc1[C@@H](C)N(c1cc(F)ccc1F)S(=O)(=O)c1ccc(Cl)cc1)n1ccnc1.Cl. The molecule has 0 amide bonds. The number of benzene rings is 3. The Labute approximate surface area is 231 Å². The molecule has 0 N–H and O–H groups in total. The second-order valence-corrected chi connectivity index (χ2v) is 11.0. The molecule has 0 bridgehead atoms. The Bertz CT molecular complexity index is 1480. The third-order valence-corrected chi connectivity index (χ3v) is 8.44. The fraction of sp³-hybridized carbons (Fsp3) is 0.222. The normalized spacial score (nSPS) is 13.0. The molecule has 0 saturated carbocycles. The lowest BCUT2D eigenvalue weighted by Crippen LogP contribution is -2.35. The van der Waals surface area contributed by atoms with Crippen LogP contribution in [0.3, 0.4) is 0 Å². The highest BCUT2D eigenvalue weighted by molar-refractivity contribution is 7.92. The fourth-order valence-corrected chi connectivity index (χ4v) is 6.05. The summed E-state index contributed by atoms with van der Waals surface area (Å²) in [6.45, 7) is 3.55. The summed E-state index contributed by atoms with van der Waals surface area (Å²) in [4.78, 5) is 3.90. The van der Waals surface area contributed by atoms with Gasteiger partial charge >= 0.3 is 0 Å². The van der Waals surface area contributed by atoms with Crippen molar-refractivity contribution in [2.24, 2.45) is 0 Å². The van der Waals surface area contributed by atoms with Crippen molar-refractivity contribution in [3.63, 3.8) is 0 Å². The lowest BCUT2D eigenvalue weighted by molar-refractivity contribution is 0.503. The molecule has 4 rings (SSSR count). The molecule has 11 heteroatoms. The minimum Gasteiger partial charge on any atom is -0.335 e. The van der Waals surface area contributed by atoms with Gasteiger partial charge in [-0.25, -0.2) is 26.6 Å². The van der Waals surface area contributed by atoms with Gasteiger partial charge in [0.2, 0.25) is 0 Å². The van der Waals surface area contributed by atoms with Gasteiger partial charge in [-0.15, -0.1) is 12.4 Å². The summed E-state index contributed by atoms with van der Waals surface area (Å²) in [5.74, 6) is -2.19. The first-order chi connectivity index (χ1) is 17.6. The molecule has 0 fully saturated rings. The van der Waals surface area contributed by atoms with Gasteiger partial charge in [0.05, 0.1) is 23.0 Å². The molecular formula is C27H26Cl2F3N3O2S. The van der Waals surface area contributed by atoms with Gasteiger partial charge in [0.25, 0.3) is 10.0 Å². The van der Waals surface area contributed by atoms with Crippen LogP contribution < -0.4 is 4.31 Å². The van der Waals surface area contributed by atoms with Gasteiger partial charge in [-0.1, -0.05) is 17.7 Å². The molecule has 2 atom stereocenters. The van der Waals surface area contributed by atoms with Crippen molar-refractivity contribution in [1.82, 2.24) is 9.55 Å². The van der Waals surface area contributed by atoms with Crippen molar-refractivity contribution in [3.05, 3.63) is 113 Å². The van der Waals surface area contributed by atoms with E-state index in [1.807, 2.05) is 17.7 Å². The van der Waals surface area contributed by atoms with Gasteiger partial charge in [0, 0.05) is 29.5 Å². The Balaban J connectivity index is 0.00000400. The highest BCUT2D eigenvalue weighted by Crippen LogP contribution is 2.37. The van der Waals surface area contributed by atoms with Crippen molar-refractivity contribution in [2.45, 2.75) is 43.7 Å². The van der Waals surface area contributed by atoms with Crippen LogP contribution in [0.5, 0.6) is 0 Å². The van der Waals surface area contributed by atoms with E-state index in [1.54, 1.807) is 19.4 Å². The van der Waals surface area contributed by atoms with Crippen molar-refractivity contribution in [2.75, 3.05) is 4.31 Å². The lowest BCUT2D eigenvalue weighted by atomic mass is 9.96. The molecule has 1 unspecified atom stereocenters. The number of aromatic nitrogens is 2. The molecule has 0 saturated heterocycles. The molecular weight excluding hydrogens is 558 g/mol. The van der Waals surface area contributed by atoms with E-state index in [-0.39, 0.29) is 23.3 Å². The van der Waals surface area contributed by atoms with Gasteiger partial charge in [-0.05, 0) is 86.3 Å². The summed E-state index contributed by atoms with van der Waals surface area (Å²) in [5, 5.41) is 0.323. The quantitative estimate of drug-likeness (QED) is 0.205. The van der Waals surface area contributed by atoms with Crippen LogP contribution in [0.4, 0.5) is 18.9 Å². The minimum atomic E-state index is -4.39. The summed E-state index contributed by atoms with van der Waals surface area (Å²) < 4.78 is 74.0. The zero-order valence-electron chi connectivity index (χ0n) is 20.6. The highest BCUT2D eigenvalue weighted by atomic mass is 35.5. The Morgan fingerprint density at radius 1 is 0.974 bits per heavy atom. The second-order valence-electron chi connectivity index (χ2n) is 8.77. The zero-order chi connectivity index (χ0) is 26.7. The largest absolute Gasteiger partial charge is 0.335 e. The summed E-state index contributed by atoms with van der Waals surface area (Å²) in [6, 6.07) is 11.1. The number of imidazole rings is 1. The third kappa shape index (κ3) is 6.34. The van der Waals surface area contributed by atoms with Gasteiger partial charge < -0.3 is 4.57 Å². The van der Waals surface area contributed by atoms with E-state index in [2.05, 4.69) is 4.98 Å². The summed E-state index contributed by atoms with van der Waals surface area (Å²) in [5.41, 5.74) is 0.581. The Morgan fingerprint density at radius 3 is 2.29 bits per heavy atom. The molecule has 202 valence electrons. The Kier molecular flexibility index (Phi) is 9.51.